The quantitative estimate of drug-likeness (QED) is 0.386. The lowest BCUT2D eigenvalue weighted by molar-refractivity contribution is 0.675. The number of hydrogen-bond acceptors (Lipinski definition) is 1. The number of alkyl halides is 1. The zero-order valence-electron chi connectivity index (χ0n) is 9.22. The molecular weight excluding hydrogens is 254 g/mol. The van der Waals surface area contributed by atoms with Gasteiger partial charge in [0, 0.05) is 10.9 Å². The van der Waals surface area contributed by atoms with Crippen molar-refractivity contribution in [2.75, 3.05) is 5.33 Å². The van der Waals surface area contributed by atoms with E-state index in [2.05, 4.69) is 41.7 Å². The monoisotopic (exact) mass is 273 g/mol. The maximum atomic E-state index is 9.08. The van der Waals surface area contributed by atoms with Crippen molar-refractivity contribution < 1.29 is 0 Å². The molecule has 0 saturated carbocycles. The highest BCUT2D eigenvalue weighted by Gasteiger charge is 2.27. The zero-order valence-corrected chi connectivity index (χ0v) is 11.8. The van der Waals surface area contributed by atoms with Crippen LogP contribution in [0, 0.1) is 11.3 Å². The minimum absolute atomic E-state index is 0.246. The maximum absolute atomic E-state index is 9.08. The van der Waals surface area contributed by atoms with Crippen LogP contribution in [0.15, 0.2) is 12.3 Å². The van der Waals surface area contributed by atoms with Gasteiger partial charge in [0.15, 0.2) is 0 Å². The molecular formula is C11H20BrNSi. The van der Waals surface area contributed by atoms with Crippen molar-refractivity contribution in [2.45, 2.75) is 44.3 Å². The van der Waals surface area contributed by atoms with E-state index < -0.39 is 8.07 Å². The smallest absolute Gasteiger partial charge is 0.0895 e. The first-order valence-corrected chi connectivity index (χ1v) is 9.45. The summed E-state index contributed by atoms with van der Waals surface area (Å²) in [7, 11) is -1.48. The first kappa shape index (κ1) is 13.9. The number of halogens is 1. The van der Waals surface area contributed by atoms with Gasteiger partial charge in [-0.15, -0.1) is 12.3 Å². The Morgan fingerprint density at radius 1 is 1.43 bits per heavy atom. The van der Waals surface area contributed by atoms with E-state index in [1.807, 2.05) is 5.70 Å². The molecule has 0 spiro atoms. The Morgan fingerprint density at radius 3 is 2.50 bits per heavy atom. The Labute approximate surface area is 97.3 Å². The predicted octanol–water partition coefficient (Wildman–Crippen LogP) is 4.27. The Bertz CT molecular complexity index is 208. The van der Waals surface area contributed by atoms with Gasteiger partial charge in [0.1, 0.15) is 0 Å². The fraction of sp³-hybridized carbons (Fsp3) is 0.727. The predicted molar refractivity (Wildman–Crippen MR) is 69.3 cm³/mol. The van der Waals surface area contributed by atoms with Crippen molar-refractivity contribution in [3.05, 3.63) is 12.3 Å². The van der Waals surface area contributed by atoms with Crippen LogP contribution in [0.4, 0.5) is 0 Å². The van der Waals surface area contributed by atoms with E-state index in [1.54, 1.807) is 0 Å². The average Bonchev–Trinajstić information content (AvgIpc) is 2.17. The van der Waals surface area contributed by atoms with Gasteiger partial charge in [-0.25, -0.2) is 0 Å². The molecule has 0 aliphatic carbocycles. The molecule has 0 bridgehead atoms. The van der Waals surface area contributed by atoms with Crippen LogP contribution in [0.1, 0.15) is 25.7 Å². The average molecular weight is 274 g/mol. The molecule has 0 aromatic heterocycles. The van der Waals surface area contributed by atoms with E-state index in [9.17, 15) is 0 Å². The van der Waals surface area contributed by atoms with Crippen molar-refractivity contribution in [1.29, 1.82) is 5.26 Å². The van der Waals surface area contributed by atoms with Crippen molar-refractivity contribution in [2.24, 2.45) is 0 Å². The minimum Gasteiger partial charge on any atom is -0.198 e. The van der Waals surface area contributed by atoms with Crippen LogP contribution in [0.5, 0.6) is 0 Å². The molecule has 0 amide bonds. The maximum Gasteiger partial charge on any atom is 0.0895 e. The summed E-state index contributed by atoms with van der Waals surface area (Å²) in [5.74, 6) is 0. The fourth-order valence-electron chi connectivity index (χ4n) is 1.36. The number of rotatable bonds is 7. The summed E-state index contributed by atoms with van der Waals surface area (Å²) in [5, 5.41) is 10.2. The second kappa shape index (κ2) is 7.25. The standard InChI is InChI=1S/C11H20BrNSi/c1-4-14(2,3)11(10-13)8-6-5-7-9-12/h4,11H,1,5-9H2,2-3H3. The summed E-state index contributed by atoms with van der Waals surface area (Å²) in [6, 6.07) is 2.45. The van der Waals surface area contributed by atoms with Crippen LogP contribution in [-0.2, 0) is 0 Å². The first-order valence-electron chi connectivity index (χ1n) is 5.17. The molecule has 0 heterocycles. The van der Waals surface area contributed by atoms with Crippen LogP contribution in [0.25, 0.3) is 0 Å². The third kappa shape index (κ3) is 4.97. The van der Waals surface area contributed by atoms with Crippen LogP contribution in [-0.4, -0.2) is 13.4 Å². The Balaban J connectivity index is 3.93. The van der Waals surface area contributed by atoms with Crippen molar-refractivity contribution in [1.82, 2.24) is 0 Å². The van der Waals surface area contributed by atoms with E-state index in [4.69, 9.17) is 5.26 Å². The van der Waals surface area contributed by atoms with Crippen molar-refractivity contribution >= 4 is 24.0 Å². The van der Waals surface area contributed by atoms with Gasteiger partial charge < -0.3 is 0 Å². The summed E-state index contributed by atoms with van der Waals surface area (Å²) in [6.45, 7) is 8.29. The van der Waals surface area contributed by atoms with Gasteiger partial charge >= 0.3 is 0 Å². The van der Waals surface area contributed by atoms with Crippen LogP contribution in [0.3, 0.4) is 0 Å². The molecule has 0 N–H and O–H groups in total. The molecule has 1 atom stereocenters. The van der Waals surface area contributed by atoms with Crippen LogP contribution < -0.4 is 0 Å². The second-order valence-corrected chi connectivity index (χ2v) is 9.79. The van der Waals surface area contributed by atoms with Crippen LogP contribution in [0.2, 0.25) is 18.6 Å². The molecule has 0 aromatic carbocycles. The van der Waals surface area contributed by atoms with E-state index in [0.717, 1.165) is 11.8 Å². The topological polar surface area (TPSA) is 23.8 Å². The van der Waals surface area contributed by atoms with Crippen molar-refractivity contribution in [3.8, 4) is 6.07 Å². The highest BCUT2D eigenvalue weighted by Crippen LogP contribution is 2.27. The molecule has 0 aliphatic rings. The highest BCUT2D eigenvalue weighted by molar-refractivity contribution is 9.09. The van der Waals surface area contributed by atoms with Gasteiger partial charge in [-0.2, -0.15) is 5.26 Å². The Kier molecular flexibility index (Phi) is 7.21. The molecule has 80 valence electrons. The third-order valence-electron chi connectivity index (χ3n) is 2.71. The lowest BCUT2D eigenvalue weighted by Crippen LogP contribution is -2.29. The van der Waals surface area contributed by atoms with Gasteiger partial charge in [-0.3, -0.25) is 0 Å². The van der Waals surface area contributed by atoms with E-state index in [1.165, 1.54) is 19.3 Å². The molecule has 0 aromatic rings. The summed E-state index contributed by atoms with van der Waals surface area (Å²) in [4.78, 5) is 0. The summed E-state index contributed by atoms with van der Waals surface area (Å²) in [5.41, 5.74) is 2.28. The number of nitrogens with zero attached hydrogens (tertiary/aromatic N) is 1. The summed E-state index contributed by atoms with van der Waals surface area (Å²) >= 11 is 3.41. The number of nitriles is 1. The first-order chi connectivity index (χ1) is 6.58. The number of unbranched alkanes of at least 4 members (excludes halogenated alkanes) is 2. The van der Waals surface area contributed by atoms with Gasteiger partial charge in [0.05, 0.1) is 14.1 Å². The SMILES string of the molecule is C=C[Si](C)(C)C(C#N)CCCCCBr. The van der Waals surface area contributed by atoms with Crippen molar-refractivity contribution in [3.63, 3.8) is 0 Å². The molecule has 1 nitrogen and oxygen atoms in total. The van der Waals surface area contributed by atoms with Gasteiger partial charge in [0.2, 0.25) is 0 Å². The lowest BCUT2D eigenvalue weighted by atomic mass is 10.2. The zero-order chi connectivity index (χ0) is 11.0. The normalized spacial score (nSPS) is 13.3. The Hall–Kier alpha value is -0.0731. The van der Waals surface area contributed by atoms with E-state index in [-0.39, 0.29) is 5.54 Å². The second-order valence-electron chi connectivity index (χ2n) is 4.25. The van der Waals surface area contributed by atoms with E-state index in [0.29, 0.717) is 0 Å². The lowest BCUT2D eigenvalue weighted by Gasteiger charge is -2.23. The molecule has 0 aliphatic heterocycles. The van der Waals surface area contributed by atoms with Gasteiger partial charge in [-0.05, 0) is 12.8 Å². The molecule has 1 unspecified atom stereocenters. The van der Waals surface area contributed by atoms with Gasteiger partial charge in [-0.1, -0.05) is 41.9 Å². The fourth-order valence-corrected chi connectivity index (χ4v) is 3.33. The molecule has 0 rings (SSSR count). The molecule has 0 saturated heterocycles. The highest BCUT2D eigenvalue weighted by atomic mass is 79.9. The molecule has 14 heavy (non-hydrogen) atoms. The summed E-state index contributed by atoms with van der Waals surface area (Å²) < 4.78 is 0. The summed E-state index contributed by atoms with van der Waals surface area (Å²) in [6.07, 6.45) is 4.67. The number of hydrogen-bond donors (Lipinski definition) is 0. The molecule has 3 heteroatoms. The third-order valence-corrected chi connectivity index (χ3v) is 6.53. The van der Waals surface area contributed by atoms with Crippen LogP contribution >= 0.6 is 15.9 Å². The largest absolute Gasteiger partial charge is 0.198 e. The Morgan fingerprint density at radius 2 is 2.07 bits per heavy atom. The van der Waals surface area contributed by atoms with Gasteiger partial charge in [0.25, 0.3) is 0 Å². The molecule has 0 radical (unpaired) electrons. The minimum atomic E-state index is -1.48. The molecule has 0 fully saturated rings. The van der Waals surface area contributed by atoms with E-state index >= 15 is 0 Å².